The van der Waals surface area contributed by atoms with E-state index in [4.69, 9.17) is 11.0 Å². The summed E-state index contributed by atoms with van der Waals surface area (Å²) in [6.07, 6.45) is -0.0682. The second-order valence-corrected chi connectivity index (χ2v) is 3.51. The molecule has 0 aromatic heterocycles. The Morgan fingerprint density at radius 1 is 1.35 bits per heavy atom. The Morgan fingerprint density at radius 3 is 2.53 bits per heavy atom. The third-order valence-electron chi connectivity index (χ3n) is 2.27. The van der Waals surface area contributed by atoms with Gasteiger partial charge in [0.25, 0.3) is 0 Å². The molecule has 1 aromatic carbocycles. The highest BCUT2D eigenvalue weighted by Gasteiger charge is 2.22. The van der Waals surface area contributed by atoms with Crippen molar-refractivity contribution in [2.24, 2.45) is 5.73 Å². The molecule has 0 heterocycles. The lowest BCUT2D eigenvalue weighted by molar-refractivity contribution is -0.126. The molecule has 1 aromatic rings. The molecule has 0 aliphatic carbocycles. The zero-order valence-electron chi connectivity index (χ0n) is 9.22. The van der Waals surface area contributed by atoms with E-state index in [1.54, 1.807) is 24.3 Å². The fourth-order valence-corrected chi connectivity index (χ4v) is 1.50. The molecule has 0 saturated carbocycles. The summed E-state index contributed by atoms with van der Waals surface area (Å²) in [5.74, 6) is -1.55. The fourth-order valence-electron chi connectivity index (χ4n) is 1.50. The number of carbonyl (C=O) groups is 2. The van der Waals surface area contributed by atoms with Crippen molar-refractivity contribution in [2.75, 3.05) is 6.54 Å². The van der Waals surface area contributed by atoms with Gasteiger partial charge in [0.1, 0.15) is 6.54 Å². The summed E-state index contributed by atoms with van der Waals surface area (Å²) in [5.41, 5.74) is 5.82. The van der Waals surface area contributed by atoms with Gasteiger partial charge in [0, 0.05) is 6.42 Å². The average molecular weight is 231 g/mol. The molecular formula is C12H13N3O2. The van der Waals surface area contributed by atoms with Crippen LogP contribution < -0.4 is 11.1 Å². The first-order valence-corrected chi connectivity index (χ1v) is 5.13. The van der Waals surface area contributed by atoms with Crippen LogP contribution in [0.5, 0.6) is 0 Å². The predicted octanol–water partition coefficient (Wildman–Crippen LogP) is 0.285. The van der Waals surface area contributed by atoms with E-state index in [-0.39, 0.29) is 18.9 Å². The molecule has 0 saturated heterocycles. The Balaban J connectivity index is 2.85. The number of hydrogen-bond donors (Lipinski definition) is 2. The van der Waals surface area contributed by atoms with Gasteiger partial charge in [-0.1, -0.05) is 30.3 Å². The molecular weight excluding hydrogens is 218 g/mol. The Labute approximate surface area is 99.2 Å². The smallest absolute Gasteiger partial charge is 0.228 e. The van der Waals surface area contributed by atoms with Gasteiger partial charge in [0.15, 0.2) is 0 Å². The number of nitriles is 1. The number of rotatable bonds is 5. The first-order chi connectivity index (χ1) is 8.15. The molecule has 3 N–H and O–H groups in total. The highest BCUT2D eigenvalue weighted by atomic mass is 16.2. The molecule has 0 fully saturated rings. The highest BCUT2D eigenvalue weighted by Crippen LogP contribution is 2.19. The van der Waals surface area contributed by atoms with Gasteiger partial charge in [-0.3, -0.25) is 9.59 Å². The summed E-state index contributed by atoms with van der Waals surface area (Å²) in [5, 5.41) is 10.8. The number of primary amides is 1. The lowest BCUT2D eigenvalue weighted by Crippen LogP contribution is -2.32. The molecule has 5 heteroatoms. The summed E-state index contributed by atoms with van der Waals surface area (Å²) >= 11 is 0. The second kappa shape index (κ2) is 6.28. The number of nitrogens with zero attached hydrogens (tertiary/aromatic N) is 1. The summed E-state index contributed by atoms with van der Waals surface area (Å²) in [6.45, 7) is -0.0824. The zero-order valence-corrected chi connectivity index (χ0v) is 9.22. The van der Waals surface area contributed by atoms with E-state index in [0.29, 0.717) is 5.56 Å². The van der Waals surface area contributed by atoms with Crippen molar-refractivity contribution in [1.82, 2.24) is 5.32 Å². The summed E-state index contributed by atoms with van der Waals surface area (Å²) in [6, 6.07) is 10.7. The van der Waals surface area contributed by atoms with Crippen LogP contribution in [0.4, 0.5) is 0 Å². The standard InChI is InChI=1S/C12H13N3O2/c13-6-7-15-12(17)10(8-11(14)16)9-4-2-1-3-5-9/h1-5,10H,7-8H2,(H2,14,16)(H,15,17). The van der Waals surface area contributed by atoms with Crippen LogP contribution in [0.3, 0.4) is 0 Å². The number of nitrogens with one attached hydrogen (secondary N) is 1. The van der Waals surface area contributed by atoms with E-state index in [2.05, 4.69) is 5.32 Å². The lowest BCUT2D eigenvalue weighted by Gasteiger charge is -2.14. The van der Waals surface area contributed by atoms with Crippen molar-refractivity contribution < 1.29 is 9.59 Å². The van der Waals surface area contributed by atoms with Gasteiger partial charge in [-0.2, -0.15) is 5.26 Å². The van der Waals surface area contributed by atoms with E-state index in [1.165, 1.54) is 0 Å². The van der Waals surface area contributed by atoms with Crippen LogP contribution in [-0.2, 0) is 9.59 Å². The summed E-state index contributed by atoms with van der Waals surface area (Å²) in [4.78, 5) is 22.7. The van der Waals surface area contributed by atoms with Crippen molar-refractivity contribution in [3.63, 3.8) is 0 Å². The lowest BCUT2D eigenvalue weighted by atomic mass is 9.94. The quantitative estimate of drug-likeness (QED) is 0.712. The van der Waals surface area contributed by atoms with Crippen LogP contribution in [-0.4, -0.2) is 18.4 Å². The Hall–Kier alpha value is -2.35. The molecule has 0 bridgehead atoms. The van der Waals surface area contributed by atoms with Crippen molar-refractivity contribution in [2.45, 2.75) is 12.3 Å². The summed E-state index contributed by atoms with van der Waals surface area (Å²) < 4.78 is 0. The molecule has 0 radical (unpaired) electrons. The van der Waals surface area contributed by atoms with Crippen LogP contribution >= 0.6 is 0 Å². The molecule has 0 aliphatic heterocycles. The van der Waals surface area contributed by atoms with Crippen molar-refractivity contribution in [1.29, 1.82) is 5.26 Å². The number of benzene rings is 1. The molecule has 2 amide bonds. The van der Waals surface area contributed by atoms with E-state index < -0.39 is 11.8 Å². The van der Waals surface area contributed by atoms with Crippen LogP contribution in [0.1, 0.15) is 17.9 Å². The molecule has 1 atom stereocenters. The van der Waals surface area contributed by atoms with Gasteiger partial charge >= 0.3 is 0 Å². The highest BCUT2D eigenvalue weighted by molar-refractivity contribution is 5.89. The van der Waals surface area contributed by atoms with Crippen molar-refractivity contribution in [3.05, 3.63) is 35.9 Å². The van der Waals surface area contributed by atoms with Gasteiger partial charge in [-0.15, -0.1) is 0 Å². The molecule has 0 aliphatic rings. The number of hydrogen-bond acceptors (Lipinski definition) is 3. The third kappa shape index (κ3) is 3.95. The molecule has 0 spiro atoms. The topological polar surface area (TPSA) is 96.0 Å². The Kier molecular flexibility index (Phi) is 4.70. The minimum atomic E-state index is -0.637. The first kappa shape index (κ1) is 12.7. The molecule has 17 heavy (non-hydrogen) atoms. The van der Waals surface area contributed by atoms with Gasteiger partial charge < -0.3 is 11.1 Å². The van der Waals surface area contributed by atoms with Gasteiger partial charge in [0.2, 0.25) is 11.8 Å². The van der Waals surface area contributed by atoms with Crippen LogP contribution in [0, 0.1) is 11.3 Å². The maximum absolute atomic E-state index is 11.8. The monoisotopic (exact) mass is 231 g/mol. The summed E-state index contributed by atoms with van der Waals surface area (Å²) in [7, 11) is 0. The van der Waals surface area contributed by atoms with E-state index in [9.17, 15) is 9.59 Å². The molecule has 5 nitrogen and oxygen atoms in total. The van der Waals surface area contributed by atoms with E-state index >= 15 is 0 Å². The maximum atomic E-state index is 11.8. The fraction of sp³-hybridized carbons (Fsp3) is 0.250. The minimum absolute atomic E-state index is 0.0682. The average Bonchev–Trinajstić information content (AvgIpc) is 2.34. The van der Waals surface area contributed by atoms with Crippen LogP contribution in [0.2, 0.25) is 0 Å². The largest absolute Gasteiger partial charge is 0.370 e. The van der Waals surface area contributed by atoms with Gasteiger partial charge in [0.05, 0.1) is 12.0 Å². The van der Waals surface area contributed by atoms with E-state index in [0.717, 1.165) is 0 Å². The van der Waals surface area contributed by atoms with Crippen molar-refractivity contribution in [3.8, 4) is 6.07 Å². The number of nitrogens with two attached hydrogens (primary N) is 1. The predicted molar refractivity (Wildman–Crippen MR) is 61.6 cm³/mol. The molecule has 88 valence electrons. The van der Waals surface area contributed by atoms with Gasteiger partial charge in [-0.05, 0) is 5.56 Å². The number of amides is 2. The van der Waals surface area contributed by atoms with Crippen molar-refractivity contribution >= 4 is 11.8 Å². The second-order valence-electron chi connectivity index (χ2n) is 3.51. The molecule has 1 rings (SSSR count). The zero-order chi connectivity index (χ0) is 12.7. The third-order valence-corrected chi connectivity index (χ3v) is 2.27. The number of carbonyl (C=O) groups excluding carboxylic acids is 2. The Morgan fingerprint density at radius 2 is 2.00 bits per heavy atom. The first-order valence-electron chi connectivity index (χ1n) is 5.13. The van der Waals surface area contributed by atoms with Crippen LogP contribution in [0.15, 0.2) is 30.3 Å². The SMILES string of the molecule is N#CCNC(=O)C(CC(N)=O)c1ccccc1. The maximum Gasteiger partial charge on any atom is 0.228 e. The van der Waals surface area contributed by atoms with Gasteiger partial charge in [-0.25, -0.2) is 0 Å². The van der Waals surface area contributed by atoms with Crippen LogP contribution in [0.25, 0.3) is 0 Å². The Bertz CT molecular complexity index is 437. The minimum Gasteiger partial charge on any atom is -0.370 e. The van der Waals surface area contributed by atoms with E-state index in [1.807, 2.05) is 12.1 Å². The normalized spacial score (nSPS) is 11.2. The molecule has 1 unspecified atom stereocenters.